The second kappa shape index (κ2) is 6.66. The molecule has 3 heteroatoms. The summed E-state index contributed by atoms with van der Waals surface area (Å²) in [5, 5.41) is 3.12. The highest BCUT2D eigenvalue weighted by molar-refractivity contribution is 5.76. The summed E-state index contributed by atoms with van der Waals surface area (Å²) in [6.07, 6.45) is 1.52. The molecule has 3 N–H and O–H groups in total. The minimum atomic E-state index is 0.211. The average Bonchev–Trinajstić information content (AvgIpc) is 2.09. The van der Waals surface area contributed by atoms with Crippen molar-refractivity contribution >= 4 is 5.78 Å². The van der Waals surface area contributed by atoms with Crippen molar-refractivity contribution in [3.8, 4) is 0 Å². The number of carbonyl (C=O) groups excluding carboxylic acids is 1. The fourth-order valence-electron chi connectivity index (χ4n) is 1.24. The zero-order chi connectivity index (χ0) is 10.3. The van der Waals surface area contributed by atoms with E-state index in [4.69, 9.17) is 5.73 Å². The lowest BCUT2D eigenvalue weighted by Crippen LogP contribution is -2.26. The molecule has 0 aliphatic rings. The van der Waals surface area contributed by atoms with Crippen molar-refractivity contribution in [3.05, 3.63) is 12.3 Å². The van der Waals surface area contributed by atoms with Gasteiger partial charge in [-0.3, -0.25) is 0 Å². The highest BCUT2D eigenvalue weighted by Gasteiger charge is 2.11. The molecule has 0 heterocycles. The molecule has 0 aromatic rings. The number of allylic oxidation sites excluding steroid dienone is 1. The third-order valence-electron chi connectivity index (χ3n) is 2.02. The summed E-state index contributed by atoms with van der Waals surface area (Å²) in [4.78, 5) is 10.9. The van der Waals surface area contributed by atoms with Crippen molar-refractivity contribution in [1.29, 1.82) is 0 Å². The highest BCUT2D eigenvalue weighted by atomic mass is 16.1. The van der Waals surface area contributed by atoms with E-state index in [0.717, 1.165) is 18.7 Å². The molecule has 0 saturated heterocycles. The minimum absolute atomic E-state index is 0.211. The average molecular weight is 184 g/mol. The quantitative estimate of drug-likeness (QED) is 0.622. The number of nitrogens with one attached hydrogen (secondary N) is 1. The summed E-state index contributed by atoms with van der Waals surface area (Å²) < 4.78 is 0. The summed E-state index contributed by atoms with van der Waals surface area (Å²) in [5.74, 6) is 0.464. The number of hydrogen-bond donors (Lipinski definition) is 2. The summed E-state index contributed by atoms with van der Waals surface area (Å²) in [5.41, 5.74) is 6.28. The number of hydrogen-bond acceptors (Lipinski definition) is 3. The van der Waals surface area contributed by atoms with Crippen LogP contribution in [0.4, 0.5) is 0 Å². The maximum atomic E-state index is 10.9. The van der Waals surface area contributed by atoms with Gasteiger partial charge in [0.1, 0.15) is 5.78 Å². The second-order valence-corrected chi connectivity index (χ2v) is 3.25. The Kier molecular flexibility index (Phi) is 6.24. The van der Waals surface area contributed by atoms with Crippen LogP contribution in [0, 0.1) is 5.92 Å². The van der Waals surface area contributed by atoms with Gasteiger partial charge in [-0.05, 0) is 13.3 Å². The molecule has 0 aliphatic heterocycles. The Hall–Kier alpha value is -0.830. The van der Waals surface area contributed by atoms with Gasteiger partial charge in [0, 0.05) is 31.1 Å². The van der Waals surface area contributed by atoms with Crippen molar-refractivity contribution in [2.75, 3.05) is 13.1 Å². The van der Waals surface area contributed by atoms with Crippen LogP contribution in [0.2, 0.25) is 0 Å². The minimum Gasteiger partial charge on any atom is -0.387 e. The number of nitrogens with two attached hydrogens (primary N) is 1. The molecule has 0 fully saturated rings. The molecule has 0 aromatic heterocycles. The van der Waals surface area contributed by atoms with E-state index in [1.54, 1.807) is 6.92 Å². The van der Waals surface area contributed by atoms with Crippen LogP contribution in [0.25, 0.3) is 0 Å². The maximum Gasteiger partial charge on any atom is 0.130 e. The Morgan fingerprint density at radius 1 is 1.62 bits per heavy atom. The van der Waals surface area contributed by atoms with Crippen LogP contribution in [0.15, 0.2) is 12.3 Å². The molecule has 1 atom stereocenters. The first-order chi connectivity index (χ1) is 6.11. The van der Waals surface area contributed by atoms with Gasteiger partial charge in [-0.2, -0.15) is 0 Å². The first-order valence-electron chi connectivity index (χ1n) is 4.74. The summed E-state index contributed by atoms with van der Waals surface area (Å²) in [6.45, 7) is 8.89. The van der Waals surface area contributed by atoms with Gasteiger partial charge >= 0.3 is 0 Å². The molecule has 0 spiro atoms. The molecule has 0 amide bonds. The van der Waals surface area contributed by atoms with Gasteiger partial charge in [-0.25, -0.2) is 0 Å². The molecule has 0 radical (unpaired) electrons. The van der Waals surface area contributed by atoms with Gasteiger partial charge in [0.25, 0.3) is 0 Å². The van der Waals surface area contributed by atoms with Crippen molar-refractivity contribution in [3.63, 3.8) is 0 Å². The molecule has 0 rings (SSSR count). The van der Waals surface area contributed by atoms with E-state index in [2.05, 4.69) is 18.8 Å². The van der Waals surface area contributed by atoms with Crippen LogP contribution >= 0.6 is 0 Å². The lowest BCUT2D eigenvalue weighted by Gasteiger charge is -2.17. The van der Waals surface area contributed by atoms with Gasteiger partial charge in [0.2, 0.25) is 0 Å². The van der Waals surface area contributed by atoms with Crippen LogP contribution in [-0.2, 0) is 4.79 Å². The summed E-state index contributed by atoms with van der Waals surface area (Å²) in [7, 11) is 0. The third-order valence-corrected chi connectivity index (χ3v) is 2.02. The monoisotopic (exact) mass is 184 g/mol. The summed E-state index contributed by atoms with van der Waals surface area (Å²) >= 11 is 0. The lowest BCUT2D eigenvalue weighted by atomic mass is 9.97. The van der Waals surface area contributed by atoms with Crippen LogP contribution in [0.1, 0.15) is 26.7 Å². The van der Waals surface area contributed by atoms with Crippen molar-refractivity contribution in [2.24, 2.45) is 11.7 Å². The zero-order valence-corrected chi connectivity index (χ0v) is 8.60. The van der Waals surface area contributed by atoms with Gasteiger partial charge in [-0.15, -0.1) is 0 Å². The molecule has 0 aromatic carbocycles. The van der Waals surface area contributed by atoms with Gasteiger partial charge in [0.05, 0.1) is 0 Å². The topological polar surface area (TPSA) is 55.1 Å². The molecule has 13 heavy (non-hydrogen) atoms. The molecule has 1 unspecified atom stereocenters. The Labute approximate surface area is 80.4 Å². The van der Waals surface area contributed by atoms with Gasteiger partial charge in [0.15, 0.2) is 0 Å². The van der Waals surface area contributed by atoms with E-state index < -0.39 is 0 Å². The molecular formula is C10H20N2O. The SMILES string of the molecule is C=C(NCCN)C(CC)CC(C)=O. The van der Waals surface area contributed by atoms with Crippen molar-refractivity contribution in [1.82, 2.24) is 5.32 Å². The fraction of sp³-hybridized carbons (Fsp3) is 0.700. The molecule has 76 valence electrons. The number of Topliss-reactive ketones (excluding diaryl/α,β-unsaturated/α-hetero) is 1. The van der Waals surface area contributed by atoms with E-state index in [0.29, 0.717) is 13.0 Å². The van der Waals surface area contributed by atoms with E-state index in [1.807, 2.05) is 0 Å². The van der Waals surface area contributed by atoms with Crippen LogP contribution in [0.3, 0.4) is 0 Å². The van der Waals surface area contributed by atoms with E-state index in [-0.39, 0.29) is 11.7 Å². The molecule has 0 bridgehead atoms. The molecular weight excluding hydrogens is 164 g/mol. The molecule has 0 aliphatic carbocycles. The third kappa shape index (κ3) is 5.42. The molecule has 0 saturated carbocycles. The first-order valence-corrected chi connectivity index (χ1v) is 4.74. The van der Waals surface area contributed by atoms with Crippen LogP contribution in [-0.4, -0.2) is 18.9 Å². The Bertz CT molecular complexity index is 178. The predicted octanol–water partition coefficient (Wildman–Crippen LogP) is 1.05. The van der Waals surface area contributed by atoms with Crippen molar-refractivity contribution < 1.29 is 4.79 Å². The Balaban J connectivity index is 3.92. The normalized spacial score (nSPS) is 12.2. The Morgan fingerprint density at radius 2 is 2.23 bits per heavy atom. The number of rotatable bonds is 7. The van der Waals surface area contributed by atoms with Crippen molar-refractivity contribution in [2.45, 2.75) is 26.7 Å². The second-order valence-electron chi connectivity index (χ2n) is 3.25. The summed E-state index contributed by atoms with van der Waals surface area (Å²) in [6, 6.07) is 0. The highest BCUT2D eigenvalue weighted by Crippen LogP contribution is 2.15. The lowest BCUT2D eigenvalue weighted by molar-refractivity contribution is -0.117. The zero-order valence-electron chi connectivity index (χ0n) is 8.60. The van der Waals surface area contributed by atoms with Crippen LogP contribution < -0.4 is 11.1 Å². The van der Waals surface area contributed by atoms with E-state index in [9.17, 15) is 4.79 Å². The smallest absolute Gasteiger partial charge is 0.130 e. The predicted molar refractivity (Wildman–Crippen MR) is 55.3 cm³/mol. The standard InChI is InChI=1S/C10H20N2O/c1-4-10(7-8(2)13)9(3)12-6-5-11/h10,12H,3-7,11H2,1-2H3. The van der Waals surface area contributed by atoms with E-state index in [1.165, 1.54) is 0 Å². The van der Waals surface area contributed by atoms with Gasteiger partial charge in [-0.1, -0.05) is 13.5 Å². The largest absolute Gasteiger partial charge is 0.387 e. The first kappa shape index (κ1) is 12.2. The maximum absolute atomic E-state index is 10.9. The van der Waals surface area contributed by atoms with Gasteiger partial charge < -0.3 is 15.8 Å². The number of ketones is 1. The fourth-order valence-corrected chi connectivity index (χ4v) is 1.24. The number of carbonyl (C=O) groups is 1. The van der Waals surface area contributed by atoms with Crippen LogP contribution in [0.5, 0.6) is 0 Å². The molecule has 3 nitrogen and oxygen atoms in total. The Morgan fingerprint density at radius 3 is 2.62 bits per heavy atom. The van der Waals surface area contributed by atoms with E-state index >= 15 is 0 Å².